The Hall–Kier alpha value is -2.69. The molecule has 1 amide bonds. The van der Waals surface area contributed by atoms with Gasteiger partial charge in [-0.05, 0) is 63.2 Å². The maximum absolute atomic E-state index is 12.2. The summed E-state index contributed by atoms with van der Waals surface area (Å²) >= 11 is 0. The van der Waals surface area contributed by atoms with E-state index in [4.69, 9.17) is 9.73 Å². The Morgan fingerprint density at radius 3 is 2.53 bits per heavy atom. The lowest BCUT2D eigenvalue weighted by Gasteiger charge is -2.33. The molecule has 0 aliphatic carbocycles. The number of rotatable bonds is 5. The summed E-state index contributed by atoms with van der Waals surface area (Å²) in [6.07, 6.45) is 0. The van der Waals surface area contributed by atoms with Gasteiger partial charge >= 0.3 is 0 Å². The van der Waals surface area contributed by atoms with Gasteiger partial charge in [-0.1, -0.05) is 20.7 Å². The molecule has 0 saturated carbocycles. The number of nitrogens with one attached hydrogen (secondary N) is 2. The average Bonchev–Trinajstić information content (AvgIpc) is 3.13. The number of hydrogen-bond acceptors (Lipinski definition) is 8. The van der Waals surface area contributed by atoms with E-state index in [2.05, 4.69) is 19.2 Å². The summed E-state index contributed by atoms with van der Waals surface area (Å²) in [7, 11) is -0.618. The number of ether oxygens (including phenoxy) is 1. The van der Waals surface area contributed by atoms with Crippen LogP contribution in [0.3, 0.4) is 0 Å². The average molecular weight is 490 g/mol. The van der Waals surface area contributed by atoms with Crippen molar-refractivity contribution in [3.63, 3.8) is 0 Å². The molecule has 3 aromatic rings. The molecule has 0 spiro atoms. The van der Waals surface area contributed by atoms with Crippen LogP contribution in [0.2, 0.25) is 0 Å². The fourth-order valence-electron chi connectivity index (χ4n) is 3.54. The molecule has 0 saturated heterocycles. The van der Waals surface area contributed by atoms with Gasteiger partial charge in [0.2, 0.25) is 5.91 Å². The first-order chi connectivity index (χ1) is 15.1. The van der Waals surface area contributed by atoms with Gasteiger partial charge in [-0.2, -0.15) is 0 Å². The number of benzene rings is 2. The molecule has 2 heterocycles. The molecule has 0 atom stereocenters. The van der Waals surface area contributed by atoms with E-state index in [1.54, 1.807) is 32.8 Å². The summed E-state index contributed by atoms with van der Waals surface area (Å²) in [5.74, 6) is 0.167. The second-order valence-corrected chi connectivity index (χ2v) is 11.6. The number of carbonyl (C=O) groups is 1. The number of nitrogens with zero attached hydrogens (tertiary/aromatic N) is 1. The van der Waals surface area contributed by atoms with Gasteiger partial charge in [0, 0.05) is 23.7 Å². The van der Waals surface area contributed by atoms with Crippen LogP contribution in [0, 0.1) is 0 Å². The van der Waals surface area contributed by atoms with E-state index in [0.717, 1.165) is 34.2 Å². The Labute approximate surface area is 194 Å². The van der Waals surface area contributed by atoms with Crippen molar-refractivity contribution in [1.29, 1.82) is 0 Å². The number of amides is 1. The molecule has 0 unspecified atom stereocenters. The quantitative estimate of drug-likeness (QED) is 0.511. The Balaban J connectivity index is 1.80. The first-order valence-corrected chi connectivity index (χ1v) is 13.6. The third kappa shape index (κ3) is 4.30. The highest BCUT2D eigenvalue weighted by molar-refractivity contribution is 7.90. The fourth-order valence-corrected chi connectivity index (χ4v) is 7.47. The maximum Gasteiger partial charge on any atom is 0.264 e. The van der Waals surface area contributed by atoms with E-state index < -0.39 is 15.9 Å². The minimum absolute atomic E-state index is 0.0136. The van der Waals surface area contributed by atoms with Crippen molar-refractivity contribution in [2.75, 3.05) is 11.9 Å². The SMILES string of the molecule is CCOc1ccc2c(c1)-c1c(ssc1=Nc1ccc(S(=O)(=O)NC(C)=O)cc1)C(C)(C)N2. The summed E-state index contributed by atoms with van der Waals surface area (Å²) in [6, 6.07) is 12.2. The highest BCUT2D eigenvalue weighted by Crippen LogP contribution is 2.46. The molecule has 1 aromatic heterocycles. The van der Waals surface area contributed by atoms with Gasteiger partial charge in [-0.15, -0.1) is 0 Å². The lowest BCUT2D eigenvalue weighted by atomic mass is 9.90. The zero-order valence-corrected chi connectivity index (χ0v) is 20.5. The molecule has 0 fully saturated rings. The normalized spacial score (nSPS) is 14.8. The standard InChI is InChI=1S/C22H23N3O4S3/c1-5-29-15-8-11-18-17(12-15)19-20(22(3,4)24-18)30-31-21(19)23-14-6-9-16(10-7-14)32(27,28)25-13(2)26/h6-12,24H,5H2,1-4H3,(H,25,26). The molecule has 32 heavy (non-hydrogen) atoms. The van der Waals surface area contributed by atoms with Crippen LogP contribution < -0.4 is 19.4 Å². The second-order valence-electron chi connectivity index (χ2n) is 7.83. The van der Waals surface area contributed by atoms with Crippen LogP contribution in [0.5, 0.6) is 5.75 Å². The number of hydrogen-bond donors (Lipinski definition) is 2. The highest BCUT2D eigenvalue weighted by Gasteiger charge is 2.33. The van der Waals surface area contributed by atoms with Gasteiger partial charge in [0.15, 0.2) is 0 Å². The van der Waals surface area contributed by atoms with E-state index in [-0.39, 0.29) is 10.4 Å². The van der Waals surface area contributed by atoms with Crippen LogP contribution in [0.1, 0.15) is 32.6 Å². The van der Waals surface area contributed by atoms with Gasteiger partial charge in [-0.25, -0.2) is 18.1 Å². The van der Waals surface area contributed by atoms with Crippen LogP contribution in [0.4, 0.5) is 11.4 Å². The van der Waals surface area contributed by atoms with Crippen molar-refractivity contribution in [2.24, 2.45) is 4.99 Å². The summed E-state index contributed by atoms with van der Waals surface area (Å²) in [5.41, 5.74) is 3.50. The van der Waals surface area contributed by atoms with Crippen LogP contribution >= 0.6 is 20.7 Å². The molecule has 7 nitrogen and oxygen atoms in total. The summed E-state index contributed by atoms with van der Waals surface area (Å²) < 4.78 is 32.9. The smallest absolute Gasteiger partial charge is 0.264 e. The number of fused-ring (bicyclic) bond motifs is 3. The molecule has 0 bridgehead atoms. The van der Waals surface area contributed by atoms with Gasteiger partial charge in [0.1, 0.15) is 10.4 Å². The number of anilines is 1. The Kier molecular flexibility index (Phi) is 5.87. The molecular formula is C22H23N3O4S3. The predicted molar refractivity (Wildman–Crippen MR) is 128 cm³/mol. The first-order valence-electron chi connectivity index (χ1n) is 9.98. The number of sulfonamides is 1. The van der Waals surface area contributed by atoms with Crippen LogP contribution in [0.15, 0.2) is 52.4 Å². The fraction of sp³-hybridized carbons (Fsp3) is 0.273. The van der Waals surface area contributed by atoms with Crippen molar-refractivity contribution < 1.29 is 17.9 Å². The molecular weight excluding hydrogens is 466 g/mol. The van der Waals surface area contributed by atoms with Crippen LogP contribution in [-0.4, -0.2) is 20.9 Å². The molecule has 2 aromatic carbocycles. The first kappa shape index (κ1) is 22.5. The molecule has 2 N–H and O–H groups in total. The third-order valence-electron chi connectivity index (χ3n) is 4.89. The van der Waals surface area contributed by atoms with Gasteiger partial charge in [-0.3, -0.25) is 4.79 Å². The lowest BCUT2D eigenvalue weighted by Crippen LogP contribution is -2.31. The van der Waals surface area contributed by atoms with Crippen molar-refractivity contribution in [3.8, 4) is 16.9 Å². The molecule has 0 radical (unpaired) electrons. The Morgan fingerprint density at radius 1 is 1.16 bits per heavy atom. The zero-order valence-electron chi connectivity index (χ0n) is 18.1. The van der Waals surface area contributed by atoms with E-state index in [0.29, 0.717) is 12.3 Å². The monoisotopic (exact) mass is 489 g/mol. The molecule has 1 aliphatic rings. The molecule has 168 valence electrons. The van der Waals surface area contributed by atoms with Gasteiger partial charge in [0.05, 0.1) is 27.6 Å². The molecule has 4 rings (SSSR count). The van der Waals surface area contributed by atoms with Crippen molar-refractivity contribution in [1.82, 2.24) is 4.72 Å². The van der Waals surface area contributed by atoms with E-state index in [9.17, 15) is 13.2 Å². The predicted octanol–water partition coefficient (Wildman–Crippen LogP) is 4.59. The highest BCUT2D eigenvalue weighted by atomic mass is 32.9. The topological polar surface area (TPSA) is 96.9 Å². The molecule has 10 heteroatoms. The Morgan fingerprint density at radius 2 is 1.88 bits per heavy atom. The largest absolute Gasteiger partial charge is 0.494 e. The van der Waals surface area contributed by atoms with Crippen molar-refractivity contribution in [2.45, 2.75) is 38.1 Å². The van der Waals surface area contributed by atoms with Gasteiger partial charge in [0.25, 0.3) is 10.0 Å². The lowest BCUT2D eigenvalue weighted by molar-refractivity contribution is -0.117. The van der Waals surface area contributed by atoms with Gasteiger partial charge < -0.3 is 10.1 Å². The summed E-state index contributed by atoms with van der Waals surface area (Å²) in [5, 5.41) is 3.60. The van der Waals surface area contributed by atoms with E-state index >= 15 is 0 Å². The maximum atomic E-state index is 12.2. The second kappa shape index (κ2) is 8.34. The minimum atomic E-state index is -3.88. The van der Waals surface area contributed by atoms with E-state index in [1.165, 1.54) is 17.0 Å². The van der Waals surface area contributed by atoms with Crippen LogP contribution in [0.25, 0.3) is 11.1 Å². The third-order valence-corrected chi connectivity index (χ3v) is 8.98. The number of carbonyl (C=O) groups excluding carboxylic acids is 1. The zero-order chi connectivity index (χ0) is 23.1. The van der Waals surface area contributed by atoms with Crippen LogP contribution in [-0.2, 0) is 20.4 Å². The van der Waals surface area contributed by atoms with Crippen molar-refractivity contribution in [3.05, 3.63) is 52.0 Å². The molecule has 1 aliphatic heterocycles. The van der Waals surface area contributed by atoms with E-state index in [1.807, 2.05) is 29.8 Å². The summed E-state index contributed by atoms with van der Waals surface area (Å²) in [4.78, 5) is 17.2. The minimum Gasteiger partial charge on any atom is -0.494 e. The Bertz CT molecular complexity index is 1350. The summed E-state index contributed by atoms with van der Waals surface area (Å²) in [6.45, 7) is 7.98. The van der Waals surface area contributed by atoms with Crippen molar-refractivity contribution >= 4 is 48.0 Å².